The third-order valence-corrected chi connectivity index (χ3v) is 9.22. The van der Waals surface area contributed by atoms with E-state index in [2.05, 4.69) is 84.7 Å². The number of rotatable bonds is 15. The average Bonchev–Trinajstić information content (AvgIpc) is 3.08. The Morgan fingerprint density at radius 1 is 1.04 bits per heavy atom. The molecule has 0 saturated carbocycles. The van der Waals surface area contributed by atoms with Crippen LogP contribution in [0.4, 0.5) is 5.69 Å². The van der Waals surface area contributed by atoms with Crippen molar-refractivity contribution in [1.82, 2.24) is 15.1 Å². The van der Waals surface area contributed by atoms with Gasteiger partial charge in [0.05, 0.1) is 6.61 Å². The highest BCUT2D eigenvalue weighted by molar-refractivity contribution is 6.04. The molecule has 8 heteroatoms. The lowest BCUT2D eigenvalue weighted by Crippen LogP contribution is -2.39. The summed E-state index contributed by atoms with van der Waals surface area (Å²) in [5, 5.41) is 6.88. The van der Waals surface area contributed by atoms with E-state index in [1.807, 2.05) is 24.3 Å². The lowest BCUT2D eigenvalue weighted by Gasteiger charge is -2.36. The molecule has 0 radical (unpaired) electrons. The third kappa shape index (κ3) is 10.5. The van der Waals surface area contributed by atoms with Crippen LogP contribution in [0.15, 0.2) is 77.7 Å². The first-order valence-corrected chi connectivity index (χ1v) is 18.0. The van der Waals surface area contributed by atoms with Crippen molar-refractivity contribution >= 4 is 17.2 Å². The molecular formula is C40H56N4O4. The number of carbonyl (C=O) groups is 1. The van der Waals surface area contributed by atoms with Crippen LogP contribution in [0, 0.1) is 5.92 Å². The summed E-state index contributed by atoms with van der Waals surface area (Å²) in [6.07, 6.45) is 10.3. The molecule has 0 unspecified atom stereocenters. The molecule has 0 spiro atoms. The van der Waals surface area contributed by atoms with Gasteiger partial charge in [0, 0.05) is 68.9 Å². The fourth-order valence-electron chi connectivity index (χ4n) is 6.57. The van der Waals surface area contributed by atoms with Crippen LogP contribution in [-0.4, -0.2) is 81.5 Å². The topological polar surface area (TPSA) is 75.3 Å². The smallest absolute Gasteiger partial charge is 0.251 e. The van der Waals surface area contributed by atoms with Gasteiger partial charge in [0.1, 0.15) is 18.2 Å². The summed E-state index contributed by atoms with van der Waals surface area (Å²) in [5.74, 6) is 2.41. The fourth-order valence-corrected chi connectivity index (χ4v) is 6.57. The normalized spacial score (nSPS) is 17.3. The van der Waals surface area contributed by atoms with Crippen molar-refractivity contribution < 1.29 is 19.0 Å². The average molecular weight is 657 g/mol. The lowest BCUT2D eigenvalue weighted by atomic mass is 9.95. The van der Waals surface area contributed by atoms with E-state index in [0.717, 1.165) is 112 Å². The molecule has 3 heterocycles. The standard InChI is InChI=1S/C40H56N4O4/c1-5-6-20-46-23-24-48-38-15-11-32(12-16-38)35-26-34-25-33(8-7-19-41-39(34)44(29-35)27-30(2)3)40(45)42-36-13-9-31(10-14-36)28-43(4)37-17-21-47-22-18-37/h9-16,25-26,30,37,41H,5-8,17-24,27-29H2,1-4H3,(H,42,45). The van der Waals surface area contributed by atoms with E-state index in [1.165, 1.54) is 11.1 Å². The predicted octanol–water partition coefficient (Wildman–Crippen LogP) is 7.01. The molecule has 0 aromatic heterocycles. The zero-order chi connectivity index (χ0) is 33.7. The lowest BCUT2D eigenvalue weighted by molar-refractivity contribution is -0.113. The Labute approximate surface area is 288 Å². The minimum Gasteiger partial charge on any atom is -0.491 e. The minimum absolute atomic E-state index is 0.0352. The predicted molar refractivity (Wildman–Crippen MR) is 195 cm³/mol. The first-order valence-electron chi connectivity index (χ1n) is 18.0. The van der Waals surface area contributed by atoms with E-state index in [1.54, 1.807) is 0 Å². The zero-order valence-corrected chi connectivity index (χ0v) is 29.6. The van der Waals surface area contributed by atoms with Crippen LogP contribution in [-0.2, 0) is 20.8 Å². The summed E-state index contributed by atoms with van der Waals surface area (Å²) in [6, 6.07) is 17.2. The molecule has 2 aromatic carbocycles. The number of amides is 1. The fraction of sp³-hybridized carbons (Fsp3) is 0.525. The maximum atomic E-state index is 13.7. The molecule has 5 rings (SSSR count). The number of unbranched alkanes of at least 4 members (excludes halogenated alkanes) is 1. The molecule has 8 nitrogen and oxygen atoms in total. The monoisotopic (exact) mass is 656 g/mol. The number of benzene rings is 2. The quantitative estimate of drug-likeness (QED) is 0.200. The van der Waals surface area contributed by atoms with Crippen LogP contribution in [0.5, 0.6) is 5.75 Å². The summed E-state index contributed by atoms with van der Waals surface area (Å²) in [7, 11) is 2.19. The van der Waals surface area contributed by atoms with Crippen molar-refractivity contribution in [2.75, 3.05) is 65.0 Å². The number of nitrogens with one attached hydrogen (secondary N) is 2. The Morgan fingerprint density at radius 2 is 1.81 bits per heavy atom. The summed E-state index contributed by atoms with van der Waals surface area (Å²) in [4.78, 5) is 18.5. The number of hydrogen-bond donors (Lipinski definition) is 2. The second-order valence-electron chi connectivity index (χ2n) is 13.7. The Kier molecular flexibility index (Phi) is 13.6. The number of ether oxygens (including phenoxy) is 3. The van der Waals surface area contributed by atoms with Gasteiger partial charge >= 0.3 is 0 Å². The van der Waals surface area contributed by atoms with E-state index >= 15 is 0 Å². The van der Waals surface area contributed by atoms with Crippen molar-refractivity contribution in [2.24, 2.45) is 5.92 Å². The Balaban J connectivity index is 1.28. The van der Waals surface area contributed by atoms with Gasteiger partial charge in [-0.05, 0) is 98.2 Å². The van der Waals surface area contributed by atoms with E-state index in [4.69, 9.17) is 14.2 Å². The molecule has 2 N–H and O–H groups in total. The zero-order valence-electron chi connectivity index (χ0n) is 29.6. The van der Waals surface area contributed by atoms with Gasteiger partial charge in [0.2, 0.25) is 0 Å². The van der Waals surface area contributed by atoms with Crippen LogP contribution in [0.25, 0.3) is 5.57 Å². The van der Waals surface area contributed by atoms with Crippen LogP contribution in [0.1, 0.15) is 70.4 Å². The van der Waals surface area contributed by atoms with Crippen molar-refractivity contribution in [2.45, 2.75) is 71.9 Å². The number of anilines is 1. The highest BCUT2D eigenvalue weighted by atomic mass is 16.5. The summed E-state index contributed by atoms with van der Waals surface area (Å²) < 4.78 is 17.1. The van der Waals surface area contributed by atoms with Crippen LogP contribution in [0.3, 0.4) is 0 Å². The van der Waals surface area contributed by atoms with Gasteiger partial charge in [-0.25, -0.2) is 0 Å². The van der Waals surface area contributed by atoms with Gasteiger partial charge in [0.15, 0.2) is 0 Å². The van der Waals surface area contributed by atoms with Gasteiger partial charge in [-0.15, -0.1) is 0 Å². The molecule has 0 atom stereocenters. The molecule has 48 heavy (non-hydrogen) atoms. The maximum absolute atomic E-state index is 13.7. The highest BCUT2D eigenvalue weighted by Crippen LogP contribution is 2.31. The van der Waals surface area contributed by atoms with Crippen molar-refractivity contribution in [3.05, 3.63) is 88.8 Å². The molecule has 2 aromatic rings. The van der Waals surface area contributed by atoms with Crippen molar-refractivity contribution in [3.63, 3.8) is 0 Å². The largest absolute Gasteiger partial charge is 0.491 e. The Bertz CT molecular complexity index is 1410. The first-order chi connectivity index (χ1) is 23.4. The van der Waals surface area contributed by atoms with Gasteiger partial charge in [-0.2, -0.15) is 0 Å². The first kappa shape index (κ1) is 35.7. The molecule has 1 amide bonds. The van der Waals surface area contributed by atoms with Gasteiger partial charge in [-0.3, -0.25) is 9.69 Å². The highest BCUT2D eigenvalue weighted by Gasteiger charge is 2.24. The minimum atomic E-state index is -0.0352. The Morgan fingerprint density at radius 3 is 2.54 bits per heavy atom. The van der Waals surface area contributed by atoms with E-state index in [9.17, 15) is 4.79 Å². The summed E-state index contributed by atoms with van der Waals surface area (Å²) >= 11 is 0. The van der Waals surface area contributed by atoms with Gasteiger partial charge in [-0.1, -0.05) is 51.5 Å². The molecule has 260 valence electrons. The van der Waals surface area contributed by atoms with Gasteiger partial charge < -0.3 is 29.7 Å². The molecule has 3 aliphatic rings. The van der Waals surface area contributed by atoms with Crippen molar-refractivity contribution in [3.8, 4) is 5.75 Å². The molecule has 0 aliphatic carbocycles. The molecule has 3 aliphatic heterocycles. The van der Waals surface area contributed by atoms with E-state index in [0.29, 0.717) is 31.6 Å². The molecule has 1 saturated heterocycles. The summed E-state index contributed by atoms with van der Waals surface area (Å²) in [5.41, 5.74) is 6.31. The van der Waals surface area contributed by atoms with Crippen molar-refractivity contribution in [1.29, 1.82) is 0 Å². The van der Waals surface area contributed by atoms with Crippen LogP contribution >= 0.6 is 0 Å². The van der Waals surface area contributed by atoms with Gasteiger partial charge in [0.25, 0.3) is 5.91 Å². The van der Waals surface area contributed by atoms with E-state index < -0.39 is 0 Å². The summed E-state index contributed by atoms with van der Waals surface area (Å²) in [6.45, 7) is 13.7. The second-order valence-corrected chi connectivity index (χ2v) is 13.7. The molecule has 1 fully saturated rings. The number of hydrogen-bond acceptors (Lipinski definition) is 7. The number of carbonyl (C=O) groups excluding carboxylic acids is 1. The molecular weight excluding hydrogens is 600 g/mol. The maximum Gasteiger partial charge on any atom is 0.251 e. The second kappa shape index (κ2) is 18.2. The SMILES string of the molecule is CCCCOCCOc1ccc(C2=CC3=C(NCCCC(C(=O)Nc4ccc(CN(C)C5CCOCC5)cc4)=C3)N(CC(C)C)C2)cc1. The van der Waals surface area contributed by atoms with Crippen LogP contribution in [0.2, 0.25) is 0 Å². The third-order valence-electron chi connectivity index (χ3n) is 9.22. The number of allylic oxidation sites excluding steroid dienone is 3. The number of nitrogens with zero attached hydrogens (tertiary/aromatic N) is 2. The Hall–Kier alpha value is -3.59. The molecule has 0 bridgehead atoms. The van der Waals surface area contributed by atoms with E-state index in [-0.39, 0.29) is 5.91 Å². The van der Waals surface area contributed by atoms with Crippen LogP contribution < -0.4 is 15.4 Å².